The second-order valence-electron chi connectivity index (χ2n) is 4.35. The van der Waals surface area contributed by atoms with Crippen molar-refractivity contribution < 1.29 is 14.2 Å². The minimum absolute atomic E-state index is 0.339. The number of hydrogen-bond acceptors (Lipinski definition) is 6. The summed E-state index contributed by atoms with van der Waals surface area (Å²) in [6.07, 6.45) is 1.43. The van der Waals surface area contributed by atoms with E-state index in [-0.39, 0.29) is 0 Å². The Kier molecular flexibility index (Phi) is 4.81. The monoisotopic (exact) mass is 289 g/mol. The van der Waals surface area contributed by atoms with Crippen molar-refractivity contribution in [2.24, 2.45) is 0 Å². The van der Waals surface area contributed by atoms with Gasteiger partial charge in [0.05, 0.1) is 14.2 Å². The fourth-order valence-corrected chi connectivity index (χ4v) is 1.87. The van der Waals surface area contributed by atoms with Gasteiger partial charge < -0.3 is 19.5 Å². The van der Waals surface area contributed by atoms with E-state index in [1.54, 1.807) is 14.2 Å². The van der Waals surface area contributed by atoms with Crippen LogP contribution < -0.4 is 19.5 Å². The Morgan fingerprint density at radius 3 is 2.57 bits per heavy atom. The minimum Gasteiger partial charge on any atom is -0.493 e. The van der Waals surface area contributed by atoms with Gasteiger partial charge in [0.15, 0.2) is 17.3 Å². The molecule has 6 nitrogen and oxygen atoms in total. The van der Waals surface area contributed by atoms with Crippen molar-refractivity contribution in [3.63, 3.8) is 0 Å². The Bertz CT molecular complexity index is 617. The van der Waals surface area contributed by atoms with Crippen LogP contribution in [0.3, 0.4) is 0 Å². The van der Waals surface area contributed by atoms with E-state index >= 15 is 0 Å². The summed E-state index contributed by atoms with van der Waals surface area (Å²) >= 11 is 0. The lowest BCUT2D eigenvalue weighted by atomic mass is 10.2. The normalized spacial score (nSPS) is 10.1. The molecule has 0 spiro atoms. The number of anilines is 1. The number of ether oxygens (including phenoxy) is 3. The molecule has 0 unspecified atom stereocenters. The highest BCUT2D eigenvalue weighted by Crippen LogP contribution is 2.37. The molecule has 0 aliphatic carbocycles. The van der Waals surface area contributed by atoms with Crippen molar-refractivity contribution in [2.45, 2.75) is 13.8 Å². The van der Waals surface area contributed by atoms with E-state index in [1.807, 2.05) is 32.0 Å². The van der Waals surface area contributed by atoms with Crippen molar-refractivity contribution >= 4 is 5.82 Å². The molecular weight excluding hydrogens is 270 g/mol. The Hall–Kier alpha value is -2.50. The fraction of sp³-hybridized carbons (Fsp3) is 0.333. The van der Waals surface area contributed by atoms with E-state index in [2.05, 4.69) is 15.3 Å². The molecule has 0 radical (unpaired) electrons. The van der Waals surface area contributed by atoms with Crippen molar-refractivity contribution in [1.29, 1.82) is 0 Å². The van der Waals surface area contributed by atoms with E-state index in [9.17, 15) is 0 Å². The number of benzene rings is 1. The summed E-state index contributed by atoms with van der Waals surface area (Å²) < 4.78 is 16.5. The van der Waals surface area contributed by atoms with Crippen LogP contribution in [0, 0.1) is 6.92 Å². The van der Waals surface area contributed by atoms with E-state index in [0.29, 0.717) is 28.9 Å². The number of nitrogens with one attached hydrogen (secondary N) is 1. The lowest BCUT2D eigenvalue weighted by molar-refractivity contribution is 0.348. The van der Waals surface area contributed by atoms with E-state index < -0.39 is 0 Å². The maximum Gasteiger partial charge on any atom is 0.268 e. The smallest absolute Gasteiger partial charge is 0.268 e. The molecule has 112 valence electrons. The average molecular weight is 289 g/mol. The van der Waals surface area contributed by atoms with Crippen LogP contribution in [0.2, 0.25) is 0 Å². The van der Waals surface area contributed by atoms with Gasteiger partial charge in [-0.3, -0.25) is 0 Å². The van der Waals surface area contributed by atoms with Crippen LogP contribution in [0.15, 0.2) is 24.5 Å². The molecule has 0 atom stereocenters. The molecule has 1 aromatic carbocycles. The molecule has 0 saturated carbocycles. The summed E-state index contributed by atoms with van der Waals surface area (Å²) in [7, 11) is 3.15. The van der Waals surface area contributed by atoms with Gasteiger partial charge in [0.2, 0.25) is 5.75 Å². The molecule has 0 fully saturated rings. The van der Waals surface area contributed by atoms with Gasteiger partial charge in [0.25, 0.3) is 5.88 Å². The van der Waals surface area contributed by atoms with Crippen LogP contribution in [-0.4, -0.2) is 30.7 Å². The van der Waals surface area contributed by atoms with Gasteiger partial charge in [-0.1, -0.05) is 6.07 Å². The number of nitrogens with zero attached hydrogens (tertiary/aromatic N) is 2. The quantitative estimate of drug-likeness (QED) is 0.881. The summed E-state index contributed by atoms with van der Waals surface area (Å²) in [5.41, 5.74) is 1.09. The summed E-state index contributed by atoms with van der Waals surface area (Å²) in [6, 6.07) is 5.67. The summed E-state index contributed by atoms with van der Waals surface area (Å²) in [5.74, 6) is 2.60. The van der Waals surface area contributed by atoms with E-state index in [1.165, 1.54) is 6.33 Å². The van der Waals surface area contributed by atoms with Crippen molar-refractivity contribution in [2.75, 3.05) is 26.1 Å². The number of aryl methyl sites for hydroxylation is 1. The number of aromatic nitrogens is 2. The first-order valence-electron chi connectivity index (χ1n) is 6.65. The second kappa shape index (κ2) is 6.78. The maximum atomic E-state index is 5.82. The van der Waals surface area contributed by atoms with Gasteiger partial charge in [-0.2, -0.15) is 4.98 Å². The van der Waals surface area contributed by atoms with Gasteiger partial charge in [-0.05, 0) is 31.5 Å². The number of rotatable bonds is 6. The molecule has 1 aromatic heterocycles. The highest BCUT2D eigenvalue weighted by molar-refractivity contribution is 5.56. The third kappa shape index (κ3) is 3.34. The van der Waals surface area contributed by atoms with Crippen LogP contribution in [-0.2, 0) is 0 Å². The molecule has 2 rings (SSSR count). The average Bonchev–Trinajstić information content (AvgIpc) is 2.49. The lowest BCUT2D eigenvalue weighted by Crippen LogP contribution is -2.04. The van der Waals surface area contributed by atoms with Gasteiger partial charge in [-0.15, -0.1) is 0 Å². The zero-order valence-corrected chi connectivity index (χ0v) is 12.6. The molecule has 0 aliphatic rings. The Balaban J connectivity index is 2.37. The summed E-state index contributed by atoms with van der Waals surface area (Å²) in [4.78, 5) is 8.27. The third-order valence-electron chi connectivity index (χ3n) is 2.85. The van der Waals surface area contributed by atoms with Crippen LogP contribution in [0.5, 0.6) is 23.1 Å². The van der Waals surface area contributed by atoms with Gasteiger partial charge >= 0.3 is 0 Å². The van der Waals surface area contributed by atoms with Gasteiger partial charge in [-0.25, -0.2) is 4.98 Å². The molecule has 0 aliphatic heterocycles. The summed E-state index contributed by atoms with van der Waals surface area (Å²) in [6.45, 7) is 4.69. The fourth-order valence-electron chi connectivity index (χ4n) is 1.87. The maximum absolute atomic E-state index is 5.82. The molecule has 1 N–H and O–H groups in total. The summed E-state index contributed by atoms with van der Waals surface area (Å²) in [5, 5.41) is 3.10. The van der Waals surface area contributed by atoms with Crippen molar-refractivity contribution in [3.8, 4) is 23.1 Å². The molecule has 0 bridgehead atoms. The largest absolute Gasteiger partial charge is 0.493 e. The second-order valence-corrected chi connectivity index (χ2v) is 4.35. The zero-order valence-electron chi connectivity index (χ0n) is 12.6. The van der Waals surface area contributed by atoms with Crippen LogP contribution in [0.25, 0.3) is 0 Å². The Morgan fingerprint density at radius 1 is 1.10 bits per heavy atom. The van der Waals surface area contributed by atoms with Crippen molar-refractivity contribution in [1.82, 2.24) is 9.97 Å². The van der Waals surface area contributed by atoms with Crippen molar-refractivity contribution in [3.05, 3.63) is 30.1 Å². The molecule has 2 aromatic rings. The van der Waals surface area contributed by atoms with E-state index in [4.69, 9.17) is 14.2 Å². The standard InChI is InChI=1S/C15H19N3O3/c1-5-16-14-13(20-4)15(18-9-17-14)21-11-7-6-10(2)8-12(11)19-3/h6-9H,5H2,1-4H3,(H,16,17,18). The predicted octanol–water partition coefficient (Wildman–Crippen LogP) is 3.03. The molecule has 1 heterocycles. The number of methoxy groups -OCH3 is 2. The predicted molar refractivity (Wildman–Crippen MR) is 80.6 cm³/mol. The molecule has 21 heavy (non-hydrogen) atoms. The topological polar surface area (TPSA) is 65.5 Å². The highest BCUT2D eigenvalue weighted by atomic mass is 16.5. The molecule has 0 amide bonds. The Morgan fingerprint density at radius 2 is 1.90 bits per heavy atom. The van der Waals surface area contributed by atoms with Crippen LogP contribution >= 0.6 is 0 Å². The Labute approximate surface area is 124 Å². The SMILES string of the molecule is CCNc1ncnc(Oc2ccc(C)cc2OC)c1OC. The number of hydrogen-bond donors (Lipinski definition) is 1. The minimum atomic E-state index is 0.339. The molecule has 0 saturated heterocycles. The first kappa shape index (κ1) is 14.9. The van der Waals surface area contributed by atoms with Crippen LogP contribution in [0.1, 0.15) is 12.5 Å². The first-order valence-corrected chi connectivity index (χ1v) is 6.65. The lowest BCUT2D eigenvalue weighted by Gasteiger charge is -2.14. The molecule has 6 heteroatoms. The highest BCUT2D eigenvalue weighted by Gasteiger charge is 2.15. The molecular formula is C15H19N3O3. The zero-order chi connectivity index (χ0) is 15.2. The third-order valence-corrected chi connectivity index (χ3v) is 2.85. The van der Waals surface area contributed by atoms with Crippen LogP contribution in [0.4, 0.5) is 5.82 Å². The van der Waals surface area contributed by atoms with Gasteiger partial charge in [0, 0.05) is 6.54 Å². The first-order chi connectivity index (χ1) is 10.2. The van der Waals surface area contributed by atoms with E-state index in [0.717, 1.165) is 12.1 Å². The van der Waals surface area contributed by atoms with Gasteiger partial charge in [0.1, 0.15) is 6.33 Å².